The Hall–Kier alpha value is -1.56. The lowest BCUT2D eigenvalue weighted by Crippen LogP contribution is -1.87. The van der Waals surface area contributed by atoms with Crippen molar-refractivity contribution in [1.29, 1.82) is 0 Å². The number of fused-ring (bicyclic) bond motifs is 1. The molecule has 172 valence electrons. The first-order valence-electron chi connectivity index (χ1n) is 13.5. The lowest BCUT2D eigenvalue weighted by molar-refractivity contribution is 0.546. The van der Waals surface area contributed by atoms with Crippen LogP contribution in [0.5, 0.6) is 0 Å². The van der Waals surface area contributed by atoms with Gasteiger partial charge in [0.2, 0.25) is 0 Å². The molecule has 0 aliphatic rings. The quantitative estimate of drug-likeness (QED) is 0.156. The molecule has 0 atom stereocenters. The maximum Gasteiger partial charge on any atom is -0.0181 e. The van der Waals surface area contributed by atoms with Crippen LogP contribution in [0, 0.1) is 0 Å². The maximum atomic E-state index is 2.42. The maximum absolute atomic E-state index is 2.42. The lowest BCUT2D eigenvalue weighted by Gasteiger charge is -2.05. The van der Waals surface area contributed by atoms with Crippen molar-refractivity contribution in [3.63, 3.8) is 0 Å². The van der Waals surface area contributed by atoms with E-state index < -0.39 is 0 Å². The van der Waals surface area contributed by atoms with E-state index >= 15 is 0 Å². The molecule has 2 rings (SSSR count). The Morgan fingerprint density at radius 2 is 1.03 bits per heavy atom. The third-order valence-corrected chi connectivity index (χ3v) is 6.54. The number of hydrogen-bond donors (Lipinski definition) is 0. The van der Waals surface area contributed by atoms with Crippen molar-refractivity contribution in [1.82, 2.24) is 0 Å². The molecule has 0 aromatic heterocycles. The van der Waals surface area contributed by atoms with Gasteiger partial charge < -0.3 is 0 Å². The van der Waals surface area contributed by atoms with Gasteiger partial charge in [0.1, 0.15) is 0 Å². The molecule has 0 saturated carbocycles. The number of benzene rings is 2. The zero-order valence-corrected chi connectivity index (χ0v) is 20.4. The van der Waals surface area contributed by atoms with Gasteiger partial charge in [0, 0.05) is 0 Å². The summed E-state index contributed by atoms with van der Waals surface area (Å²) in [4.78, 5) is 0. The SMILES string of the molecule is CCCCCC/C=C/CCCCCCCCCCCCCc1ccc2ccccc2c1. The van der Waals surface area contributed by atoms with E-state index in [0.717, 1.165) is 0 Å². The molecule has 0 nitrogen and oxygen atoms in total. The van der Waals surface area contributed by atoms with Crippen LogP contribution in [0.3, 0.4) is 0 Å². The Morgan fingerprint density at radius 3 is 1.65 bits per heavy atom. The number of allylic oxidation sites excluding steroid dienone is 2. The minimum absolute atomic E-state index is 1.23. The van der Waals surface area contributed by atoms with Gasteiger partial charge in [0.05, 0.1) is 0 Å². The molecule has 0 aliphatic heterocycles. The van der Waals surface area contributed by atoms with Crippen LogP contribution in [0.2, 0.25) is 0 Å². The van der Waals surface area contributed by atoms with E-state index in [-0.39, 0.29) is 0 Å². The average Bonchev–Trinajstić information content (AvgIpc) is 2.80. The molecule has 0 heterocycles. The summed E-state index contributed by atoms with van der Waals surface area (Å²) in [5, 5.41) is 2.74. The molecule has 0 spiro atoms. The molecule has 0 N–H and O–H groups in total. The predicted molar refractivity (Wildman–Crippen MR) is 141 cm³/mol. The molecular formula is C31H48. The van der Waals surface area contributed by atoms with Gasteiger partial charge >= 0.3 is 0 Å². The van der Waals surface area contributed by atoms with E-state index in [4.69, 9.17) is 0 Å². The molecule has 0 saturated heterocycles. The highest BCUT2D eigenvalue weighted by Crippen LogP contribution is 2.18. The van der Waals surface area contributed by atoms with Crippen molar-refractivity contribution >= 4 is 10.8 Å². The van der Waals surface area contributed by atoms with Gasteiger partial charge in [-0.15, -0.1) is 0 Å². The van der Waals surface area contributed by atoms with Crippen LogP contribution in [0.1, 0.15) is 122 Å². The molecule has 0 aliphatic carbocycles. The molecule has 0 bridgehead atoms. The van der Waals surface area contributed by atoms with Crippen molar-refractivity contribution in [3.05, 3.63) is 60.2 Å². The molecule has 0 unspecified atom stereocenters. The summed E-state index contributed by atoms with van der Waals surface area (Å²) in [6.07, 6.45) is 29.8. The molecule has 0 radical (unpaired) electrons. The average molecular weight is 421 g/mol. The highest BCUT2D eigenvalue weighted by atomic mass is 14.0. The zero-order chi connectivity index (χ0) is 21.8. The largest absolute Gasteiger partial charge is 0.0885 e. The summed E-state index contributed by atoms with van der Waals surface area (Å²) in [5.41, 5.74) is 1.50. The standard InChI is InChI=1S/C31H48/c1-2-3-4-5-6-7-8-9-10-11-12-13-14-15-16-17-18-19-20-23-29-26-27-30-24-21-22-25-31(30)28-29/h7-8,21-22,24-28H,2-6,9-20,23H2,1H3/b8-7+. The summed E-state index contributed by atoms with van der Waals surface area (Å²) in [5.74, 6) is 0. The van der Waals surface area contributed by atoms with Crippen molar-refractivity contribution in [2.24, 2.45) is 0 Å². The minimum atomic E-state index is 1.23. The van der Waals surface area contributed by atoms with E-state index in [1.807, 2.05) is 0 Å². The molecule has 0 amide bonds. The fraction of sp³-hybridized carbons (Fsp3) is 0.613. The molecule has 2 aromatic carbocycles. The highest BCUT2D eigenvalue weighted by molar-refractivity contribution is 5.82. The second-order valence-electron chi connectivity index (χ2n) is 9.43. The van der Waals surface area contributed by atoms with Gasteiger partial charge in [-0.2, -0.15) is 0 Å². The number of aryl methyl sites for hydroxylation is 1. The number of unbranched alkanes of at least 4 members (excludes halogenated alkanes) is 15. The van der Waals surface area contributed by atoms with Crippen molar-refractivity contribution < 1.29 is 0 Å². The van der Waals surface area contributed by atoms with E-state index in [1.54, 1.807) is 0 Å². The van der Waals surface area contributed by atoms with E-state index in [2.05, 4.69) is 61.5 Å². The van der Waals surface area contributed by atoms with Gasteiger partial charge in [-0.3, -0.25) is 0 Å². The van der Waals surface area contributed by atoms with Crippen LogP contribution in [0.15, 0.2) is 54.6 Å². The van der Waals surface area contributed by atoms with Gasteiger partial charge in [-0.25, -0.2) is 0 Å². The Bertz CT molecular complexity index is 696. The Morgan fingerprint density at radius 1 is 0.516 bits per heavy atom. The summed E-state index contributed by atoms with van der Waals surface area (Å²) in [7, 11) is 0. The second-order valence-corrected chi connectivity index (χ2v) is 9.43. The van der Waals surface area contributed by atoms with E-state index in [1.165, 1.54) is 132 Å². The van der Waals surface area contributed by atoms with Crippen molar-refractivity contribution in [2.45, 2.75) is 122 Å². The van der Waals surface area contributed by atoms with Gasteiger partial charge in [0.15, 0.2) is 0 Å². The summed E-state index contributed by atoms with van der Waals surface area (Å²) in [6, 6.07) is 15.7. The fourth-order valence-corrected chi connectivity index (χ4v) is 4.50. The van der Waals surface area contributed by atoms with E-state index in [0.29, 0.717) is 0 Å². The van der Waals surface area contributed by atoms with Crippen molar-refractivity contribution in [3.8, 4) is 0 Å². The topological polar surface area (TPSA) is 0 Å². The smallest absolute Gasteiger partial charge is 0.0181 e. The summed E-state index contributed by atoms with van der Waals surface area (Å²) < 4.78 is 0. The third kappa shape index (κ3) is 12.8. The first-order chi connectivity index (χ1) is 15.4. The summed E-state index contributed by atoms with van der Waals surface area (Å²) in [6.45, 7) is 2.28. The third-order valence-electron chi connectivity index (χ3n) is 6.54. The Kier molecular flexibility index (Phi) is 15.0. The van der Waals surface area contributed by atoms with Gasteiger partial charge in [-0.05, 0) is 54.9 Å². The molecule has 0 fully saturated rings. The van der Waals surface area contributed by atoms with Crippen LogP contribution in [0.4, 0.5) is 0 Å². The molecule has 31 heavy (non-hydrogen) atoms. The zero-order valence-electron chi connectivity index (χ0n) is 20.4. The van der Waals surface area contributed by atoms with Gasteiger partial charge in [-0.1, -0.05) is 139 Å². The van der Waals surface area contributed by atoms with Crippen LogP contribution < -0.4 is 0 Å². The van der Waals surface area contributed by atoms with Crippen molar-refractivity contribution in [2.75, 3.05) is 0 Å². The Labute approximate surface area is 193 Å². The number of hydrogen-bond acceptors (Lipinski definition) is 0. The minimum Gasteiger partial charge on any atom is -0.0885 e. The molecule has 0 heteroatoms. The van der Waals surface area contributed by atoms with E-state index in [9.17, 15) is 0 Å². The molecular weight excluding hydrogens is 372 g/mol. The van der Waals surface area contributed by atoms with Gasteiger partial charge in [0.25, 0.3) is 0 Å². The highest BCUT2D eigenvalue weighted by Gasteiger charge is 1.98. The first-order valence-corrected chi connectivity index (χ1v) is 13.5. The Balaban J connectivity index is 1.32. The predicted octanol–water partition coefficient (Wildman–Crippen LogP) is 10.6. The fourth-order valence-electron chi connectivity index (χ4n) is 4.50. The monoisotopic (exact) mass is 420 g/mol. The van der Waals surface area contributed by atoms with Crippen LogP contribution in [-0.2, 0) is 6.42 Å². The second kappa shape index (κ2) is 18.1. The van der Waals surface area contributed by atoms with Crippen LogP contribution in [-0.4, -0.2) is 0 Å². The number of rotatable bonds is 19. The normalized spacial score (nSPS) is 11.6. The van der Waals surface area contributed by atoms with Crippen LogP contribution >= 0.6 is 0 Å². The lowest BCUT2D eigenvalue weighted by atomic mass is 10.0. The molecule has 2 aromatic rings. The first kappa shape index (κ1) is 25.7. The van der Waals surface area contributed by atoms with Crippen LogP contribution in [0.25, 0.3) is 10.8 Å². The summed E-state index contributed by atoms with van der Waals surface area (Å²) >= 11 is 0.